The summed E-state index contributed by atoms with van der Waals surface area (Å²) in [7, 11) is 0. The molecule has 6 nitrogen and oxygen atoms in total. The Hall–Kier alpha value is -2.11. The van der Waals surface area contributed by atoms with Gasteiger partial charge in [-0.25, -0.2) is 0 Å². The molecule has 0 radical (unpaired) electrons. The van der Waals surface area contributed by atoms with E-state index in [-0.39, 0.29) is 36.4 Å². The lowest BCUT2D eigenvalue weighted by atomic mass is 10.2. The maximum absolute atomic E-state index is 12.3. The van der Waals surface area contributed by atoms with Crippen LogP contribution in [0.4, 0.5) is 0 Å². The second-order valence-corrected chi connectivity index (χ2v) is 4.36. The zero-order valence-electron chi connectivity index (χ0n) is 10.7. The smallest absolute Gasteiger partial charge is 0.325 e. The Kier molecular flexibility index (Phi) is 3.99. The number of nitrogens with zero attached hydrogens (tertiary/aromatic N) is 2. The third-order valence-corrected chi connectivity index (χ3v) is 2.88. The third kappa shape index (κ3) is 3.21. The molecule has 0 bridgehead atoms. The summed E-state index contributed by atoms with van der Waals surface area (Å²) in [5, 5.41) is 9.64. The van der Waals surface area contributed by atoms with Crippen molar-refractivity contribution in [2.45, 2.75) is 25.8 Å². The van der Waals surface area contributed by atoms with Crippen LogP contribution in [0.3, 0.4) is 0 Å². The van der Waals surface area contributed by atoms with Gasteiger partial charge in [0.05, 0.1) is 18.4 Å². The molecule has 0 unspecified atom stereocenters. The highest BCUT2D eigenvalue weighted by molar-refractivity contribution is 5.98. The van der Waals surface area contributed by atoms with Crippen LogP contribution in [-0.2, 0) is 9.53 Å². The van der Waals surface area contributed by atoms with E-state index in [1.54, 1.807) is 6.92 Å². The SMILES string of the molecule is CCOC(=O)CN(C(=O)c1ccncc1O)C1CC1. The van der Waals surface area contributed by atoms with Crippen LogP contribution in [0.15, 0.2) is 18.5 Å². The molecule has 6 heteroatoms. The van der Waals surface area contributed by atoms with Crippen LogP contribution in [0.5, 0.6) is 5.75 Å². The Morgan fingerprint density at radius 3 is 2.84 bits per heavy atom. The van der Waals surface area contributed by atoms with Crippen molar-refractivity contribution >= 4 is 11.9 Å². The fourth-order valence-corrected chi connectivity index (χ4v) is 1.82. The van der Waals surface area contributed by atoms with Crippen molar-refractivity contribution in [1.29, 1.82) is 0 Å². The minimum absolute atomic E-state index is 0.0597. The summed E-state index contributed by atoms with van der Waals surface area (Å²) < 4.78 is 4.86. The van der Waals surface area contributed by atoms with Gasteiger partial charge >= 0.3 is 5.97 Å². The largest absolute Gasteiger partial charge is 0.505 e. The van der Waals surface area contributed by atoms with Crippen LogP contribution < -0.4 is 0 Å². The first kappa shape index (κ1) is 13.3. The summed E-state index contributed by atoms with van der Waals surface area (Å²) in [6, 6.07) is 1.50. The second-order valence-electron chi connectivity index (χ2n) is 4.36. The Bertz CT molecular complexity index is 485. The van der Waals surface area contributed by atoms with Crippen molar-refractivity contribution < 1.29 is 19.4 Å². The molecule has 19 heavy (non-hydrogen) atoms. The molecule has 1 N–H and O–H groups in total. The number of ether oxygens (including phenoxy) is 1. The minimum atomic E-state index is -0.434. The van der Waals surface area contributed by atoms with Crippen molar-refractivity contribution in [3.05, 3.63) is 24.0 Å². The van der Waals surface area contributed by atoms with E-state index in [4.69, 9.17) is 4.74 Å². The summed E-state index contributed by atoms with van der Waals surface area (Å²) in [5.74, 6) is -0.978. The van der Waals surface area contributed by atoms with Gasteiger partial charge in [-0.05, 0) is 25.8 Å². The van der Waals surface area contributed by atoms with Crippen LogP contribution in [0.1, 0.15) is 30.1 Å². The molecular formula is C13H16N2O4. The number of amides is 1. The molecule has 0 aromatic carbocycles. The molecule has 1 saturated carbocycles. The van der Waals surface area contributed by atoms with E-state index in [0.717, 1.165) is 12.8 Å². The normalized spacial score (nSPS) is 13.9. The molecule has 0 saturated heterocycles. The molecular weight excluding hydrogens is 248 g/mol. The van der Waals surface area contributed by atoms with Gasteiger partial charge in [0.25, 0.3) is 5.91 Å². The lowest BCUT2D eigenvalue weighted by Gasteiger charge is -2.21. The summed E-state index contributed by atoms with van der Waals surface area (Å²) in [6.07, 6.45) is 4.39. The number of esters is 1. The van der Waals surface area contributed by atoms with E-state index in [0.29, 0.717) is 0 Å². The lowest BCUT2D eigenvalue weighted by molar-refractivity contribution is -0.144. The standard InChI is InChI=1S/C13H16N2O4/c1-2-19-12(17)8-15(9-3-4-9)13(18)10-5-6-14-7-11(10)16/h5-7,9,16H,2-4,8H2,1H3. The van der Waals surface area contributed by atoms with E-state index < -0.39 is 5.97 Å². The van der Waals surface area contributed by atoms with Crippen LogP contribution >= 0.6 is 0 Å². The van der Waals surface area contributed by atoms with E-state index in [9.17, 15) is 14.7 Å². The quantitative estimate of drug-likeness (QED) is 0.801. The molecule has 1 fully saturated rings. The van der Waals surface area contributed by atoms with Gasteiger partial charge in [0, 0.05) is 12.2 Å². The fourth-order valence-electron chi connectivity index (χ4n) is 1.82. The van der Waals surface area contributed by atoms with E-state index in [1.807, 2.05) is 0 Å². The summed E-state index contributed by atoms with van der Waals surface area (Å²) in [4.78, 5) is 29.0. The highest BCUT2D eigenvalue weighted by atomic mass is 16.5. The number of rotatable bonds is 5. The Morgan fingerprint density at radius 1 is 1.53 bits per heavy atom. The van der Waals surface area contributed by atoms with Crippen LogP contribution in [0.25, 0.3) is 0 Å². The maximum Gasteiger partial charge on any atom is 0.325 e. The van der Waals surface area contributed by atoms with Gasteiger partial charge in [0.15, 0.2) is 0 Å². The number of hydrogen-bond donors (Lipinski definition) is 1. The highest BCUT2D eigenvalue weighted by Gasteiger charge is 2.35. The number of carbonyl (C=O) groups excluding carboxylic acids is 2. The van der Waals surface area contributed by atoms with E-state index in [2.05, 4.69) is 4.98 Å². The van der Waals surface area contributed by atoms with Gasteiger partial charge in [-0.15, -0.1) is 0 Å². The molecule has 102 valence electrons. The number of hydrogen-bond acceptors (Lipinski definition) is 5. The average Bonchev–Trinajstić information content (AvgIpc) is 3.20. The lowest BCUT2D eigenvalue weighted by Crippen LogP contribution is -2.38. The molecule has 1 amide bonds. The number of aromatic hydroxyl groups is 1. The number of carbonyl (C=O) groups is 2. The first-order valence-electron chi connectivity index (χ1n) is 6.23. The zero-order valence-corrected chi connectivity index (χ0v) is 10.7. The minimum Gasteiger partial charge on any atom is -0.505 e. The first-order valence-corrected chi connectivity index (χ1v) is 6.23. The number of pyridine rings is 1. The molecule has 0 spiro atoms. The third-order valence-electron chi connectivity index (χ3n) is 2.88. The van der Waals surface area contributed by atoms with Crippen LogP contribution in [-0.4, -0.2) is 46.1 Å². The van der Waals surface area contributed by atoms with Crippen molar-refractivity contribution in [3.63, 3.8) is 0 Å². The first-order chi connectivity index (χ1) is 9.13. The maximum atomic E-state index is 12.3. The monoisotopic (exact) mass is 264 g/mol. The molecule has 0 aliphatic heterocycles. The van der Waals surface area contributed by atoms with Gasteiger partial charge in [0.1, 0.15) is 12.3 Å². The van der Waals surface area contributed by atoms with Crippen molar-refractivity contribution in [2.75, 3.05) is 13.2 Å². The van der Waals surface area contributed by atoms with Crippen LogP contribution in [0.2, 0.25) is 0 Å². The Morgan fingerprint density at radius 2 is 2.26 bits per heavy atom. The second kappa shape index (κ2) is 5.69. The number of aromatic nitrogens is 1. The van der Waals surface area contributed by atoms with Crippen molar-refractivity contribution in [2.24, 2.45) is 0 Å². The van der Waals surface area contributed by atoms with Gasteiger partial charge in [-0.3, -0.25) is 14.6 Å². The molecule has 0 atom stereocenters. The Labute approximate surface area is 111 Å². The van der Waals surface area contributed by atoms with Gasteiger partial charge < -0.3 is 14.7 Å². The predicted molar refractivity (Wildman–Crippen MR) is 66.6 cm³/mol. The molecule has 2 rings (SSSR count). The van der Waals surface area contributed by atoms with E-state index >= 15 is 0 Å². The predicted octanol–water partition coefficient (Wildman–Crippen LogP) is 0.955. The fraction of sp³-hybridized carbons (Fsp3) is 0.462. The summed E-state index contributed by atoms with van der Waals surface area (Å²) in [6.45, 7) is 1.92. The molecule has 1 aromatic rings. The molecule has 1 aliphatic carbocycles. The van der Waals surface area contributed by atoms with Crippen LogP contribution in [0, 0.1) is 0 Å². The Balaban J connectivity index is 2.13. The van der Waals surface area contributed by atoms with Gasteiger partial charge in [-0.2, -0.15) is 0 Å². The van der Waals surface area contributed by atoms with Gasteiger partial charge in [-0.1, -0.05) is 0 Å². The topological polar surface area (TPSA) is 79.7 Å². The molecule has 1 aliphatic rings. The highest BCUT2D eigenvalue weighted by Crippen LogP contribution is 2.29. The molecule has 1 heterocycles. The summed E-state index contributed by atoms with van der Waals surface area (Å²) >= 11 is 0. The van der Waals surface area contributed by atoms with E-state index in [1.165, 1.54) is 23.4 Å². The summed E-state index contributed by atoms with van der Waals surface area (Å²) in [5.41, 5.74) is 0.159. The van der Waals surface area contributed by atoms with Crippen molar-refractivity contribution in [3.8, 4) is 5.75 Å². The molecule has 1 aromatic heterocycles. The van der Waals surface area contributed by atoms with Crippen molar-refractivity contribution in [1.82, 2.24) is 9.88 Å². The zero-order chi connectivity index (χ0) is 13.8. The van der Waals surface area contributed by atoms with Gasteiger partial charge in [0.2, 0.25) is 0 Å². The average molecular weight is 264 g/mol.